The molecule has 2 aromatic carbocycles. The molecule has 0 unspecified atom stereocenters. The number of benzene rings is 2. The van der Waals surface area contributed by atoms with Crippen LogP contribution in [0.4, 0.5) is 0 Å². The largest absolute Gasteiger partial charge is 0.342 e. The Bertz CT molecular complexity index is 913. The van der Waals surface area contributed by atoms with E-state index in [1.807, 2.05) is 12.1 Å². The minimum Gasteiger partial charge on any atom is -0.342 e. The monoisotopic (exact) mass is 383 g/mol. The van der Waals surface area contributed by atoms with Crippen molar-refractivity contribution in [2.45, 2.75) is 53.0 Å². The number of imidazole rings is 1. The molecule has 3 nitrogen and oxygen atoms in total. The average molecular weight is 384 g/mol. The van der Waals surface area contributed by atoms with E-state index in [9.17, 15) is 0 Å². The van der Waals surface area contributed by atoms with Crippen molar-refractivity contribution in [1.82, 2.24) is 14.9 Å². The van der Waals surface area contributed by atoms with Crippen molar-refractivity contribution in [3.05, 3.63) is 63.4 Å². The highest BCUT2D eigenvalue weighted by molar-refractivity contribution is 6.31. The van der Waals surface area contributed by atoms with Crippen LogP contribution in [0.1, 0.15) is 47.3 Å². The summed E-state index contributed by atoms with van der Waals surface area (Å²) in [6, 6.07) is 10.7. The molecule has 0 spiro atoms. The number of aromatic nitrogens is 2. The number of hydrogen-bond donors (Lipinski definition) is 1. The number of halogens is 1. The van der Waals surface area contributed by atoms with Crippen molar-refractivity contribution in [1.29, 1.82) is 0 Å². The van der Waals surface area contributed by atoms with Crippen LogP contribution in [0, 0.1) is 20.8 Å². The molecule has 0 aliphatic rings. The van der Waals surface area contributed by atoms with E-state index in [0.29, 0.717) is 0 Å². The Hall–Kier alpha value is -1.84. The Kier molecular flexibility index (Phi) is 6.56. The Morgan fingerprint density at radius 1 is 0.963 bits per heavy atom. The van der Waals surface area contributed by atoms with Gasteiger partial charge in [0.2, 0.25) is 0 Å². The van der Waals surface area contributed by atoms with Crippen molar-refractivity contribution in [3.8, 4) is 0 Å². The Morgan fingerprint density at radius 3 is 2.56 bits per heavy atom. The summed E-state index contributed by atoms with van der Waals surface area (Å²) in [4.78, 5) is 10.6. The van der Waals surface area contributed by atoms with Gasteiger partial charge in [-0.15, -0.1) is 0 Å². The summed E-state index contributed by atoms with van der Waals surface area (Å²) in [5, 5.41) is 0.766. The summed E-state index contributed by atoms with van der Waals surface area (Å²) in [7, 11) is 2.21. The molecule has 0 bridgehead atoms. The number of nitrogens with zero attached hydrogens (tertiary/aromatic N) is 2. The molecule has 0 atom stereocenters. The molecule has 0 aliphatic heterocycles. The van der Waals surface area contributed by atoms with Crippen molar-refractivity contribution < 1.29 is 0 Å². The lowest BCUT2D eigenvalue weighted by Gasteiger charge is -2.17. The van der Waals surface area contributed by atoms with E-state index < -0.39 is 0 Å². The zero-order valence-electron chi connectivity index (χ0n) is 16.9. The van der Waals surface area contributed by atoms with Crippen LogP contribution in [-0.4, -0.2) is 28.5 Å². The number of aromatic amines is 1. The van der Waals surface area contributed by atoms with Crippen molar-refractivity contribution in [2.75, 3.05) is 13.6 Å². The maximum atomic E-state index is 6.13. The highest BCUT2D eigenvalue weighted by Gasteiger charge is 2.07. The van der Waals surface area contributed by atoms with Gasteiger partial charge < -0.3 is 9.88 Å². The van der Waals surface area contributed by atoms with Crippen LogP contribution in [0.5, 0.6) is 0 Å². The topological polar surface area (TPSA) is 31.9 Å². The van der Waals surface area contributed by atoms with Gasteiger partial charge in [0, 0.05) is 18.0 Å². The third-order valence-corrected chi connectivity index (χ3v) is 5.49. The molecule has 4 heteroatoms. The zero-order chi connectivity index (χ0) is 19.4. The van der Waals surface area contributed by atoms with Gasteiger partial charge in [-0.3, -0.25) is 0 Å². The second-order valence-electron chi connectivity index (χ2n) is 7.77. The summed E-state index contributed by atoms with van der Waals surface area (Å²) >= 11 is 6.13. The first-order valence-electron chi connectivity index (χ1n) is 9.82. The Balaban J connectivity index is 1.41. The van der Waals surface area contributed by atoms with E-state index in [1.165, 1.54) is 29.5 Å². The molecule has 0 fully saturated rings. The molecule has 1 N–H and O–H groups in total. The second-order valence-corrected chi connectivity index (χ2v) is 8.21. The Labute approximate surface area is 167 Å². The third kappa shape index (κ3) is 5.33. The van der Waals surface area contributed by atoms with E-state index in [4.69, 9.17) is 16.6 Å². The van der Waals surface area contributed by atoms with Crippen molar-refractivity contribution >= 4 is 22.6 Å². The lowest BCUT2D eigenvalue weighted by molar-refractivity contribution is 0.317. The molecule has 27 heavy (non-hydrogen) atoms. The lowest BCUT2D eigenvalue weighted by Crippen LogP contribution is -2.19. The molecule has 0 radical (unpaired) electrons. The van der Waals surface area contributed by atoms with Gasteiger partial charge in [-0.25, -0.2) is 4.98 Å². The fraction of sp³-hybridized carbons (Fsp3) is 0.435. The quantitative estimate of drug-likeness (QED) is 0.484. The Morgan fingerprint density at radius 2 is 1.78 bits per heavy atom. The predicted octanol–water partition coefficient (Wildman–Crippen LogP) is 5.99. The van der Waals surface area contributed by atoms with Gasteiger partial charge >= 0.3 is 0 Å². The normalized spacial score (nSPS) is 11.6. The van der Waals surface area contributed by atoms with Crippen LogP contribution in [-0.2, 0) is 13.0 Å². The fourth-order valence-corrected chi connectivity index (χ4v) is 3.83. The van der Waals surface area contributed by atoms with E-state index in [-0.39, 0.29) is 0 Å². The second kappa shape index (κ2) is 8.90. The van der Waals surface area contributed by atoms with Crippen LogP contribution in [0.15, 0.2) is 30.3 Å². The van der Waals surface area contributed by atoms with E-state index >= 15 is 0 Å². The van der Waals surface area contributed by atoms with Crippen LogP contribution in [0.3, 0.4) is 0 Å². The van der Waals surface area contributed by atoms with Crippen LogP contribution in [0.2, 0.25) is 5.02 Å². The predicted molar refractivity (Wildman–Crippen MR) is 116 cm³/mol. The first-order chi connectivity index (χ1) is 12.9. The van der Waals surface area contributed by atoms with Crippen LogP contribution < -0.4 is 0 Å². The summed E-state index contributed by atoms with van der Waals surface area (Å²) in [6.07, 6.45) is 4.58. The number of hydrogen-bond acceptors (Lipinski definition) is 2. The van der Waals surface area contributed by atoms with E-state index in [2.05, 4.69) is 55.9 Å². The standard InChI is InChI=1S/C23H30ClN3/c1-16-9-10-19(12-17(16)2)15-27(4)11-7-5-6-8-22-25-21-14-20(24)13-18(3)23(21)26-22/h9-10,12-14H,5-8,11,15H2,1-4H3,(H,25,26). The van der Waals surface area contributed by atoms with Crippen LogP contribution >= 0.6 is 11.6 Å². The molecule has 0 aliphatic carbocycles. The van der Waals surface area contributed by atoms with Gasteiger partial charge in [-0.1, -0.05) is 36.2 Å². The minimum absolute atomic E-state index is 0.766. The fourth-order valence-electron chi connectivity index (χ4n) is 3.56. The number of unbranched alkanes of at least 4 members (excludes halogenated alkanes) is 2. The molecule has 0 amide bonds. The lowest BCUT2D eigenvalue weighted by atomic mass is 10.1. The maximum absolute atomic E-state index is 6.13. The molecular formula is C23H30ClN3. The summed E-state index contributed by atoms with van der Waals surface area (Å²) in [6.45, 7) is 8.56. The SMILES string of the molecule is Cc1ccc(CN(C)CCCCCc2nc3c(C)cc(Cl)cc3[nH]2)cc1C. The van der Waals surface area contributed by atoms with Gasteiger partial charge in [0.05, 0.1) is 11.0 Å². The van der Waals surface area contributed by atoms with Crippen LogP contribution in [0.25, 0.3) is 11.0 Å². The summed E-state index contributed by atoms with van der Waals surface area (Å²) in [5.74, 6) is 1.07. The van der Waals surface area contributed by atoms with Gasteiger partial charge in [0.1, 0.15) is 5.82 Å². The van der Waals surface area contributed by atoms with Gasteiger partial charge in [0.15, 0.2) is 0 Å². The number of rotatable bonds is 8. The maximum Gasteiger partial charge on any atom is 0.107 e. The number of aryl methyl sites for hydroxylation is 4. The molecule has 0 saturated heterocycles. The van der Waals surface area contributed by atoms with Crippen molar-refractivity contribution in [3.63, 3.8) is 0 Å². The summed E-state index contributed by atoms with van der Waals surface area (Å²) in [5.41, 5.74) is 7.36. The summed E-state index contributed by atoms with van der Waals surface area (Å²) < 4.78 is 0. The highest BCUT2D eigenvalue weighted by Crippen LogP contribution is 2.22. The van der Waals surface area contributed by atoms with Crippen molar-refractivity contribution in [2.24, 2.45) is 0 Å². The zero-order valence-corrected chi connectivity index (χ0v) is 17.7. The molecule has 3 rings (SSSR count). The molecular weight excluding hydrogens is 354 g/mol. The number of H-pyrrole nitrogens is 1. The minimum atomic E-state index is 0.766. The average Bonchev–Trinajstić information content (AvgIpc) is 3.01. The van der Waals surface area contributed by atoms with Gasteiger partial charge in [-0.2, -0.15) is 0 Å². The molecule has 144 valence electrons. The van der Waals surface area contributed by atoms with E-state index in [1.54, 1.807) is 0 Å². The highest BCUT2D eigenvalue weighted by atomic mass is 35.5. The third-order valence-electron chi connectivity index (χ3n) is 5.27. The molecule has 1 heterocycles. The molecule has 3 aromatic rings. The first kappa shape index (κ1) is 19.9. The van der Waals surface area contributed by atoms with Gasteiger partial charge in [0.25, 0.3) is 0 Å². The van der Waals surface area contributed by atoms with E-state index in [0.717, 1.165) is 53.4 Å². The van der Waals surface area contributed by atoms with Gasteiger partial charge in [-0.05, 0) is 81.6 Å². The smallest absolute Gasteiger partial charge is 0.107 e. The number of fused-ring (bicyclic) bond motifs is 1. The first-order valence-corrected chi connectivity index (χ1v) is 10.2. The molecule has 0 saturated carbocycles. The number of nitrogens with one attached hydrogen (secondary N) is 1. The molecule has 1 aromatic heterocycles.